The van der Waals surface area contributed by atoms with Gasteiger partial charge in [0.05, 0.1) is 28.8 Å². The first-order valence-electron chi connectivity index (χ1n) is 28.2. The molecule has 0 spiro atoms. The molecule has 0 fully saturated rings. The van der Waals surface area contributed by atoms with Crippen molar-refractivity contribution in [3.8, 4) is 29.0 Å². The topological polar surface area (TPSA) is 264 Å². The van der Waals surface area contributed by atoms with E-state index in [2.05, 4.69) is 209 Å². The normalized spacial score (nSPS) is 9.83. The maximum absolute atomic E-state index is 12.3. The predicted octanol–water partition coefficient (Wildman–Crippen LogP) is 13.2. The number of aliphatic carboxylic acids is 2. The first-order chi connectivity index (χ1) is 44.4. The van der Waals surface area contributed by atoms with Crippen LogP contribution in [0.5, 0.6) is 5.75 Å². The molecule has 93 heavy (non-hydrogen) atoms. The summed E-state index contributed by atoms with van der Waals surface area (Å²) in [5, 5.41) is 50.6. The first kappa shape index (κ1) is 73.7. The molecule has 0 atom stereocenters. The van der Waals surface area contributed by atoms with E-state index in [1.807, 2.05) is 32.0 Å². The number of rotatable bonds is 9. The number of nitrogens with zero attached hydrogens (tertiary/aromatic N) is 2. The van der Waals surface area contributed by atoms with Crippen LogP contribution in [0.2, 0.25) is 0 Å². The zero-order valence-corrected chi connectivity index (χ0v) is 55.7. The van der Waals surface area contributed by atoms with Gasteiger partial charge in [0.1, 0.15) is 21.4 Å². The molecule has 0 aliphatic carbocycles. The van der Waals surface area contributed by atoms with Crippen LogP contribution in [0.15, 0.2) is 290 Å². The van der Waals surface area contributed by atoms with Crippen LogP contribution in [-0.4, -0.2) is 34.9 Å². The van der Waals surface area contributed by atoms with Crippen LogP contribution in [0.25, 0.3) is 33.1 Å². The number of hydrogen-bond donors (Lipinski definition) is 5. The molecule has 0 saturated heterocycles. The van der Waals surface area contributed by atoms with Crippen molar-refractivity contribution in [3.63, 3.8) is 0 Å². The Balaban J connectivity index is 0.000000207. The predicted molar refractivity (Wildman–Crippen MR) is 378 cm³/mol. The van der Waals surface area contributed by atoms with Crippen LogP contribution in [-0.2, 0) is 30.0 Å². The Kier molecular flexibility index (Phi) is 30.6. The molecule has 2 aromatic heterocycles. The minimum absolute atomic E-state index is 0. The molecule has 1 radical (unpaired) electrons. The molecule has 0 saturated carbocycles. The number of hydrogen-bond acceptors (Lipinski definition) is 12. The SMILES string of the molecule is CC(=O)O.CC(=O)O.Cc1c(-c2cccc(C#N)c2)c(=O)oc2cc(N)ccc12.Cc1c(Br)c(=O)oc2cc(N)ccc12.N#Cc1cccc(O[B]O)c1.[Pd].c1ccc(P(c2ccccc2)c2ccccc2)cc1.c1ccc(P(c2ccccc2)c2ccccc2)cc1. The molecular formula is C74H63BBrN4O10P2Pd. The molecular weight excluding hydrogens is 1360 g/mol. The number of carbonyl (C=O) groups is 2. The fourth-order valence-corrected chi connectivity index (χ4v) is 13.8. The maximum atomic E-state index is 12.3. The molecule has 12 rings (SSSR count). The van der Waals surface area contributed by atoms with Gasteiger partial charge in [-0.1, -0.05) is 200 Å². The van der Waals surface area contributed by atoms with Crippen LogP contribution in [0.3, 0.4) is 0 Å². The maximum Gasteiger partial charge on any atom is 0.569 e. The smallest absolute Gasteiger partial charge is 0.537 e. The van der Waals surface area contributed by atoms with E-state index in [9.17, 15) is 9.59 Å². The molecule has 12 aromatic rings. The Hall–Kier alpha value is -10.0. The van der Waals surface area contributed by atoms with Gasteiger partial charge in [0.25, 0.3) is 11.9 Å². The molecule has 2 heterocycles. The monoisotopic (exact) mass is 1430 g/mol. The number of nitrogen functional groups attached to an aromatic ring is 2. The quantitative estimate of drug-likeness (QED) is 0.0390. The summed E-state index contributed by atoms with van der Waals surface area (Å²) >= 11 is 3.18. The molecule has 469 valence electrons. The molecule has 0 unspecified atom stereocenters. The van der Waals surface area contributed by atoms with Crippen molar-refractivity contribution < 1.29 is 58.7 Å². The van der Waals surface area contributed by atoms with E-state index in [1.165, 1.54) is 37.9 Å². The number of fused-ring (bicyclic) bond motifs is 2. The Morgan fingerprint density at radius 1 is 0.473 bits per heavy atom. The molecule has 0 bridgehead atoms. The van der Waals surface area contributed by atoms with E-state index >= 15 is 0 Å². The van der Waals surface area contributed by atoms with Crippen LogP contribution in [0, 0.1) is 36.5 Å². The van der Waals surface area contributed by atoms with E-state index in [1.54, 1.807) is 66.7 Å². The number of halogens is 1. The minimum atomic E-state index is -0.833. The zero-order chi connectivity index (χ0) is 66.4. The van der Waals surface area contributed by atoms with Crippen molar-refractivity contribution in [2.45, 2.75) is 27.7 Å². The van der Waals surface area contributed by atoms with Crippen molar-refractivity contribution in [2.24, 2.45) is 0 Å². The Labute approximate surface area is 564 Å². The molecule has 7 N–H and O–H groups in total. The summed E-state index contributed by atoms with van der Waals surface area (Å²) in [7, 11) is -0.312. The number of nitriles is 2. The van der Waals surface area contributed by atoms with Crippen LogP contribution < -0.4 is 59.2 Å². The Morgan fingerprint density at radius 2 is 0.796 bits per heavy atom. The molecule has 0 aliphatic heterocycles. The fraction of sp³-hybridized carbons (Fsp3) is 0.0541. The second kappa shape index (κ2) is 38.6. The van der Waals surface area contributed by atoms with Gasteiger partial charge in [-0.05, 0) is 149 Å². The molecule has 10 aromatic carbocycles. The Bertz CT molecular complexity index is 4220. The van der Waals surface area contributed by atoms with Gasteiger partial charge in [-0.25, -0.2) is 9.59 Å². The molecule has 0 amide bonds. The fourth-order valence-electron chi connectivity index (χ4n) is 8.86. The average Bonchev–Trinajstić information content (AvgIpc) is 0.856. The summed E-state index contributed by atoms with van der Waals surface area (Å²) < 4.78 is 15.5. The third-order valence-electron chi connectivity index (χ3n) is 12.8. The number of nitrogens with two attached hydrogens (primary N) is 2. The van der Waals surface area contributed by atoms with Gasteiger partial charge < -0.3 is 40.2 Å². The van der Waals surface area contributed by atoms with Gasteiger partial charge in [-0.2, -0.15) is 10.5 Å². The van der Waals surface area contributed by atoms with E-state index in [-0.39, 0.29) is 26.0 Å². The van der Waals surface area contributed by atoms with Crippen LogP contribution in [0.4, 0.5) is 11.4 Å². The first-order valence-corrected chi connectivity index (χ1v) is 31.6. The standard InChI is InChI=1S/2C18H15P.C17H12N2O2.C10H8BrNO2.C7H5BNO2.2C2H4O2.Pd/c2*1-4-10-16(11-5-1)19(17-12-6-2-7-13-17)18-14-8-3-9-15-18;1-10-14-6-5-13(19)8-15(14)21-17(20)16(10)12-4-2-3-11(7-12)9-18;1-5-7-3-2-6(12)4-8(7)14-10(13)9(5)11;9-5-6-2-1-3-7(4-6)11-8-10;2*1-2(3)4;/h2*1-15H;2-8H,19H2,1H3;2-4H,12H2,1H3;1-4,10H;2*1H3,(H,3,4);. The number of benzene rings is 10. The summed E-state index contributed by atoms with van der Waals surface area (Å²) in [5.41, 5.74) is 16.5. The third-order valence-corrected chi connectivity index (χ3v) is 18.6. The van der Waals surface area contributed by atoms with E-state index < -0.39 is 33.4 Å². The van der Waals surface area contributed by atoms with E-state index in [4.69, 9.17) is 55.7 Å². The van der Waals surface area contributed by atoms with Gasteiger partial charge in [0.15, 0.2) is 0 Å². The summed E-state index contributed by atoms with van der Waals surface area (Å²) in [6.45, 7) is 5.89. The van der Waals surface area contributed by atoms with Gasteiger partial charge in [-0.15, -0.1) is 0 Å². The number of anilines is 2. The number of carboxylic acid groups (broad SMARTS) is 2. The average molecular weight is 1430 g/mol. The van der Waals surface area contributed by atoms with Crippen molar-refractivity contribution in [1.82, 2.24) is 0 Å². The van der Waals surface area contributed by atoms with Crippen LogP contribution in [0.1, 0.15) is 36.1 Å². The molecule has 19 heteroatoms. The summed E-state index contributed by atoms with van der Waals surface area (Å²) in [6, 6.07) is 92.6. The van der Waals surface area contributed by atoms with Crippen molar-refractivity contribution in [2.75, 3.05) is 11.5 Å². The van der Waals surface area contributed by atoms with Gasteiger partial charge in [-0.3, -0.25) is 9.59 Å². The number of aryl methyl sites for hydroxylation is 2. The summed E-state index contributed by atoms with van der Waals surface area (Å²) in [4.78, 5) is 41.6. The van der Waals surface area contributed by atoms with Crippen LogP contribution >= 0.6 is 31.8 Å². The Morgan fingerprint density at radius 3 is 1.14 bits per heavy atom. The largest absolute Gasteiger partial charge is 0.569 e. The third kappa shape index (κ3) is 23.0. The van der Waals surface area contributed by atoms with Crippen molar-refractivity contribution in [1.29, 1.82) is 10.5 Å². The van der Waals surface area contributed by atoms with Gasteiger partial charge in [0.2, 0.25) is 0 Å². The van der Waals surface area contributed by atoms with E-state index in [0.29, 0.717) is 62.7 Å². The van der Waals surface area contributed by atoms with Crippen molar-refractivity contribution >= 4 is 117 Å². The molecule has 14 nitrogen and oxygen atoms in total. The second-order valence-corrected chi connectivity index (χ2v) is 24.7. The van der Waals surface area contributed by atoms with Gasteiger partial charge in [0, 0.05) is 68.6 Å². The summed E-state index contributed by atoms with van der Waals surface area (Å²) in [6.07, 6.45) is 0. The number of carboxylic acids is 2. The van der Waals surface area contributed by atoms with Gasteiger partial charge >= 0.3 is 18.9 Å². The van der Waals surface area contributed by atoms with Crippen molar-refractivity contribution in [3.05, 3.63) is 314 Å². The van der Waals surface area contributed by atoms with E-state index in [0.717, 1.165) is 35.7 Å². The summed E-state index contributed by atoms with van der Waals surface area (Å²) in [5.74, 6) is -1.22. The molecule has 0 aliphatic rings. The second-order valence-electron chi connectivity index (χ2n) is 19.5. The minimum Gasteiger partial charge on any atom is -0.537 e. The zero-order valence-electron chi connectivity index (χ0n) is 50.8.